The molecule has 0 aliphatic carbocycles. The Kier molecular flexibility index (Phi) is 6.78. The van der Waals surface area contributed by atoms with Gasteiger partial charge in [0.05, 0.1) is 5.56 Å². The van der Waals surface area contributed by atoms with Crippen LogP contribution in [0.2, 0.25) is 0 Å². The van der Waals surface area contributed by atoms with E-state index in [1.54, 1.807) is 24.5 Å². The molecule has 0 aliphatic heterocycles. The first kappa shape index (κ1) is 25.9. The van der Waals surface area contributed by atoms with Crippen LogP contribution in [0.5, 0.6) is 0 Å². The average molecular weight is 520 g/mol. The van der Waals surface area contributed by atoms with Crippen LogP contribution < -0.4 is 10.6 Å². The number of fused-ring (bicyclic) bond motifs is 1. The van der Waals surface area contributed by atoms with Crippen molar-refractivity contribution in [2.45, 2.75) is 18.0 Å². The van der Waals surface area contributed by atoms with Crippen molar-refractivity contribution in [3.05, 3.63) is 90.4 Å². The second kappa shape index (κ2) is 9.69. The second-order valence-corrected chi connectivity index (χ2v) is 7.87. The largest absolute Gasteiger partial charge is 0.430 e. The quantitative estimate of drug-likeness (QED) is 0.281. The Balaban J connectivity index is 1.57. The molecule has 0 saturated carbocycles. The van der Waals surface area contributed by atoms with Crippen LogP contribution in [0.4, 0.5) is 43.5 Å². The van der Waals surface area contributed by atoms with Crippen LogP contribution in [0.15, 0.2) is 79.3 Å². The fourth-order valence-electron chi connectivity index (χ4n) is 3.81. The molecule has 192 valence electrons. The monoisotopic (exact) mass is 520 g/mol. The number of rotatable bonds is 6. The number of nitrogens with one attached hydrogen (secondary N) is 2. The predicted octanol–water partition coefficient (Wildman–Crippen LogP) is 6.59. The summed E-state index contributed by atoms with van der Waals surface area (Å²) in [6, 6.07) is 13.3. The number of anilines is 3. The molecule has 0 radical (unpaired) electrons. The van der Waals surface area contributed by atoms with Gasteiger partial charge in [-0.25, -0.2) is 4.98 Å². The molecule has 2 N–H and O–H groups in total. The zero-order valence-electron chi connectivity index (χ0n) is 19.0. The number of hydrogen-bond donors (Lipinski definition) is 2. The summed E-state index contributed by atoms with van der Waals surface area (Å²) < 4.78 is 84.8. The van der Waals surface area contributed by atoms with Crippen molar-refractivity contribution in [1.82, 2.24) is 9.97 Å². The summed E-state index contributed by atoms with van der Waals surface area (Å²) in [4.78, 5) is 21.1. The van der Waals surface area contributed by atoms with E-state index in [0.29, 0.717) is 24.9 Å². The number of methoxy groups -OCH3 is 1. The van der Waals surface area contributed by atoms with Crippen LogP contribution >= 0.6 is 0 Å². The maximum atomic E-state index is 13.5. The first-order chi connectivity index (χ1) is 17.5. The van der Waals surface area contributed by atoms with E-state index in [9.17, 15) is 31.1 Å². The van der Waals surface area contributed by atoms with E-state index < -0.39 is 29.4 Å². The average Bonchev–Trinajstić information content (AvgIpc) is 2.84. The van der Waals surface area contributed by atoms with Gasteiger partial charge in [-0.2, -0.15) is 26.3 Å². The van der Waals surface area contributed by atoms with Crippen molar-refractivity contribution >= 4 is 33.9 Å². The van der Waals surface area contributed by atoms with E-state index in [0.717, 1.165) is 22.9 Å². The van der Waals surface area contributed by atoms with E-state index in [1.165, 1.54) is 18.3 Å². The third kappa shape index (κ3) is 4.92. The van der Waals surface area contributed by atoms with E-state index in [2.05, 4.69) is 25.3 Å². The highest BCUT2D eigenvalue weighted by Gasteiger charge is 2.72. The van der Waals surface area contributed by atoms with Gasteiger partial charge in [-0.1, -0.05) is 18.2 Å². The minimum absolute atomic E-state index is 0.0327. The summed E-state index contributed by atoms with van der Waals surface area (Å²) >= 11 is 0. The Morgan fingerprint density at radius 2 is 1.51 bits per heavy atom. The molecule has 0 unspecified atom stereocenters. The lowest BCUT2D eigenvalue weighted by molar-refractivity contribution is -0.383. The van der Waals surface area contributed by atoms with Crippen molar-refractivity contribution in [2.24, 2.45) is 0 Å². The predicted molar refractivity (Wildman–Crippen MR) is 124 cm³/mol. The van der Waals surface area contributed by atoms with Gasteiger partial charge in [-0.15, -0.1) is 0 Å². The van der Waals surface area contributed by atoms with Gasteiger partial charge in [-0.05, 0) is 47.9 Å². The van der Waals surface area contributed by atoms with E-state index in [-0.39, 0.29) is 17.1 Å². The van der Waals surface area contributed by atoms with Gasteiger partial charge < -0.3 is 15.4 Å². The molecule has 1 amide bonds. The molecule has 0 aliphatic rings. The summed E-state index contributed by atoms with van der Waals surface area (Å²) in [5.41, 5.74) is -5.02. The number of nitrogens with zero attached hydrogens (tertiary/aromatic N) is 2. The summed E-state index contributed by atoms with van der Waals surface area (Å²) in [5, 5.41) is 7.29. The van der Waals surface area contributed by atoms with E-state index in [1.807, 2.05) is 12.1 Å². The highest BCUT2D eigenvalue weighted by atomic mass is 19.4. The third-order valence-corrected chi connectivity index (χ3v) is 5.61. The third-order valence-electron chi connectivity index (χ3n) is 5.61. The minimum Gasteiger partial charge on any atom is -0.357 e. The fraction of sp³-hybridized carbons (Fsp3) is 0.160. The van der Waals surface area contributed by atoms with E-state index in [4.69, 9.17) is 0 Å². The van der Waals surface area contributed by atoms with Gasteiger partial charge in [0.1, 0.15) is 5.82 Å². The number of alkyl halides is 6. The van der Waals surface area contributed by atoms with Crippen molar-refractivity contribution in [3.8, 4) is 0 Å². The Morgan fingerprint density at radius 1 is 0.838 bits per heavy atom. The number of ether oxygens (including phenoxy) is 1. The molecule has 2 aromatic heterocycles. The zero-order valence-corrected chi connectivity index (χ0v) is 19.0. The van der Waals surface area contributed by atoms with Crippen LogP contribution in [0, 0.1) is 0 Å². The molecular weight excluding hydrogens is 502 g/mol. The lowest BCUT2D eigenvalue weighted by atomic mass is 9.91. The van der Waals surface area contributed by atoms with Gasteiger partial charge >= 0.3 is 12.4 Å². The number of halogens is 6. The molecule has 0 fully saturated rings. The van der Waals surface area contributed by atoms with Gasteiger partial charge in [0.25, 0.3) is 11.5 Å². The van der Waals surface area contributed by atoms with Crippen LogP contribution in [-0.2, 0) is 10.3 Å². The topological polar surface area (TPSA) is 76.1 Å². The number of aromatic nitrogens is 2. The number of amides is 1. The molecule has 2 heterocycles. The number of benzene rings is 2. The van der Waals surface area contributed by atoms with Crippen molar-refractivity contribution in [1.29, 1.82) is 0 Å². The molecule has 2 aromatic carbocycles. The van der Waals surface area contributed by atoms with Gasteiger partial charge in [0, 0.05) is 48.0 Å². The van der Waals surface area contributed by atoms with Gasteiger partial charge in [0.2, 0.25) is 0 Å². The zero-order chi connectivity index (χ0) is 26.8. The summed E-state index contributed by atoms with van der Waals surface area (Å²) in [6.45, 7) is 0. The number of carbonyl (C=O) groups excluding carboxylic acids is 1. The maximum absolute atomic E-state index is 13.5. The number of hydrogen-bond acceptors (Lipinski definition) is 5. The Bertz CT molecular complexity index is 1410. The molecule has 0 bridgehead atoms. The SMILES string of the molecule is COC(c1ccc(NC(=O)c2cccnc2Nc2ccc3ccncc3c2)cc1)(C(F)(F)F)C(F)(F)F. The van der Waals surface area contributed by atoms with Crippen LogP contribution in [0.1, 0.15) is 15.9 Å². The Morgan fingerprint density at radius 3 is 2.16 bits per heavy atom. The first-order valence-corrected chi connectivity index (χ1v) is 10.6. The van der Waals surface area contributed by atoms with Crippen molar-refractivity contribution in [3.63, 3.8) is 0 Å². The maximum Gasteiger partial charge on any atom is 0.430 e. The summed E-state index contributed by atoms with van der Waals surface area (Å²) in [5.74, 6) is -0.497. The summed E-state index contributed by atoms with van der Waals surface area (Å²) in [7, 11) is 0.333. The molecule has 12 heteroatoms. The van der Waals surface area contributed by atoms with Crippen LogP contribution in [0.25, 0.3) is 10.8 Å². The number of carbonyl (C=O) groups is 1. The molecule has 6 nitrogen and oxygen atoms in total. The minimum atomic E-state index is -5.78. The Hall–Kier alpha value is -4.19. The van der Waals surface area contributed by atoms with Crippen molar-refractivity contribution in [2.75, 3.05) is 17.7 Å². The lowest BCUT2D eigenvalue weighted by Gasteiger charge is -2.36. The molecule has 4 rings (SSSR count). The standard InChI is InChI=1S/C25H18F6N4O2/c1-37-23(24(26,27)28,25(29,30)31)17-5-8-18(9-6-17)35-22(36)20-3-2-11-33-21(20)34-19-7-4-15-10-12-32-14-16(15)13-19/h2-14H,1H3,(H,33,34)(H,35,36). The molecule has 4 aromatic rings. The second-order valence-electron chi connectivity index (χ2n) is 7.87. The first-order valence-electron chi connectivity index (χ1n) is 10.6. The van der Waals surface area contributed by atoms with Gasteiger partial charge in [-0.3, -0.25) is 9.78 Å². The Labute approximate surface area is 206 Å². The van der Waals surface area contributed by atoms with Crippen LogP contribution in [0.3, 0.4) is 0 Å². The highest BCUT2D eigenvalue weighted by molar-refractivity contribution is 6.07. The molecule has 0 atom stereocenters. The molecule has 0 spiro atoms. The smallest absolute Gasteiger partial charge is 0.357 e. The highest BCUT2D eigenvalue weighted by Crippen LogP contribution is 2.52. The lowest BCUT2D eigenvalue weighted by Crippen LogP contribution is -2.55. The molecular formula is C25H18F6N4O2. The molecule has 37 heavy (non-hydrogen) atoms. The normalized spacial score (nSPS) is 12.4. The molecule has 0 saturated heterocycles. The van der Waals surface area contributed by atoms with Crippen LogP contribution in [-0.4, -0.2) is 35.3 Å². The van der Waals surface area contributed by atoms with Gasteiger partial charge in [0.15, 0.2) is 0 Å². The number of pyridine rings is 2. The fourth-order valence-corrected chi connectivity index (χ4v) is 3.81. The van der Waals surface area contributed by atoms with Crippen molar-refractivity contribution < 1.29 is 35.9 Å². The summed E-state index contributed by atoms with van der Waals surface area (Å²) in [6.07, 6.45) is -6.77. The van der Waals surface area contributed by atoms with E-state index >= 15 is 0 Å².